The second kappa shape index (κ2) is 10.5. The molecule has 9 heteroatoms. The fourth-order valence-electron chi connectivity index (χ4n) is 3.84. The van der Waals surface area contributed by atoms with Gasteiger partial charge in [0, 0.05) is 20.3 Å². The number of aliphatic hydroxyl groups excluding tert-OH is 2. The summed E-state index contributed by atoms with van der Waals surface area (Å²) in [4.78, 5) is 23.3. The number of benzene rings is 2. The van der Waals surface area contributed by atoms with E-state index in [0.29, 0.717) is 11.3 Å². The fourth-order valence-corrected chi connectivity index (χ4v) is 3.84. The van der Waals surface area contributed by atoms with Crippen molar-refractivity contribution in [2.24, 2.45) is 0 Å². The molecule has 1 aliphatic rings. The molecule has 0 amide bonds. The summed E-state index contributed by atoms with van der Waals surface area (Å²) in [6.45, 7) is 3.48. The molecule has 3 rings (SSSR count). The molecule has 1 saturated heterocycles. The molecule has 2 aromatic carbocycles. The van der Waals surface area contributed by atoms with Crippen LogP contribution in [0.15, 0.2) is 54.6 Å². The van der Waals surface area contributed by atoms with E-state index in [4.69, 9.17) is 18.9 Å². The van der Waals surface area contributed by atoms with Crippen molar-refractivity contribution in [3.63, 3.8) is 0 Å². The Balaban J connectivity index is 2.02. The number of para-hydroxylation sites is 1. The highest BCUT2D eigenvalue weighted by atomic mass is 16.8. The molecule has 5 atom stereocenters. The summed E-state index contributed by atoms with van der Waals surface area (Å²) in [5.74, 6) is -3.61. The molecule has 0 aliphatic carbocycles. The van der Waals surface area contributed by atoms with Crippen LogP contribution in [-0.4, -0.2) is 63.8 Å². The van der Waals surface area contributed by atoms with Gasteiger partial charge in [-0.15, -0.1) is 0 Å². The lowest BCUT2D eigenvalue weighted by Crippen LogP contribution is -2.74. The molecule has 0 aromatic heterocycles. The maximum atomic E-state index is 11.9. The van der Waals surface area contributed by atoms with Gasteiger partial charge in [0.2, 0.25) is 6.29 Å². The van der Waals surface area contributed by atoms with Crippen molar-refractivity contribution in [3.8, 4) is 5.75 Å². The molecule has 0 bridgehead atoms. The fraction of sp³-hybridized carbons (Fsp3) is 0.440. The largest absolute Gasteiger partial charge is 0.462 e. The minimum absolute atomic E-state index is 0.156. The smallest absolute Gasteiger partial charge is 0.305 e. The van der Waals surface area contributed by atoms with Crippen LogP contribution in [0.3, 0.4) is 0 Å². The standard InChI is InChI=1S/C25H30O9/c1-4-18-10-12-19(13-11-18)14-24(30)21(28)22(29)25(33-17(3)27,15-31-16(2)26)34-23(24)32-20-8-6-5-7-9-20/h5-13,21-23,28-30H,4,14-15H2,1-3H3/t21-,22-,23+,24+,25+/m0/s1. The van der Waals surface area contributed by atoms with Crippen LogP contribution in [0.25, 0.3) is 0 Å². The monoisotopic (exact) mass is 474 g/mol. The second-order valence-corrected chi connectivity index (χ2v) is 8.29. The summed E-state index contributed by atoms with van der Waals surface area (Å²) in [5, 5.41) is 33.7. The van der Waals surface area contributed by atoms with Gasteiger partial charge in [-0.05, 0) is 29.7 Å². The topological polar surface area (TPSA) is 132 Å². The zero-order valence-corrected chi connectivity index (χ0v) is 19.3. The highest BCUT2D eigenvalue weighted by Gasteiger charge is 2.64. The van der Waals surface area contributed by atoms with Gasteiger partial charge in [0.15, 0.2) is 18.3 Å². The predicted octanol–water partition coefficient (Wildman–Crippen LogP) is 1.50. The average Bonchev–Trinajstić information content (AvgIpc) is 2.81. The Morgan fingerprint density at radius 2 is 1.56 bits per heavy atom. The van der Waals surface area contributed by atoms with E-state index < -0.39 is 48.4 Å². The Morgan fingerprint density at radius 3 is 2.12 bits per heavy atom. The van der Waals surface area contributed by atoms with Crippen molar-refractivity contribution in [1.29, 1.82) is 0 Å². The molecule has 0 saturated carbocycles. The number of esters is 2. The Morgan fingerprint density at radius 1 is 0.941 bits per heavy atom. The normalized spacial score (nSPS) is 28.7. The second-order valence-electron chi connectivity index (χ2n) is 8.29. The molecule has 0 radical (unpaired) electrons. The van der Waals surface area contributed by atoms with Crippen LogP contribution in [0.1, 0.15) is 31.9 Å². The van der Waals surface area contributed by atoms with Crippen LogP contribution >= 0.6 is 0 Å². The van der Waals surface area contributed by atoms with Gasteiger partial charge in [-0.25, -0.2) is 0 Å². The van der Waals surface area contributed by atoms with E-state index in [1.165, 1.54) is 0 Å². The number of hydrogen-bond donors (Lipinski definition) is 3. The maximum absolute atomic E-state index is 11.9. The molecule has 184 valence electrons. The van der Waals surface area contributed by atoms with E-state index in [1.807, 2.05) is 19.1 Å². The third-order valence-electron chi connectivity index (χ3n) is 5.67. The lowest BCUT2D eigenvalue weighted by Gasteiger charge is -2.52. The number of rotatable bonds is 8. The lowest BCUT2D eigenvalue weighted by molar-refractivity contribution is -0.408. The van der Waals surface area contributed by atoms with Crippen molar-refractivity contribution in [1.82, 2.24) is 0 Å². The van der Waals surface area contributed by atoms with E-state index in [9.17, 15) is 24.9 Å². The molecule has 3 N–H and O–H groups in total. The van der Waals surface area contributed by atoms with E-state index in [0.717, 1.165) is 25.8 Å². The van der Waals surface area contributed by atoms with Crippen molar-refractivity contribution in [2.75, 3.05) is 6.61 Å². The van der Waals surface area contributed by atoms with E-state index in [2.05, 4.69) is 0 Å². The van der Waals surface area contributed by atoms with Gasteiger partial charge in [0.25, 0.3) is 5.79 Å². The van der Waals surface area contributed by atoms with Crippen LogP contribution in [0.4, 0.5) is 0 Å². The first-order valence-electron chi connectivity index (χ1n) is 11.0. The van der Waals surface area contributed by atoms with Gasteiger partial charge >= 0.3 is 11.9 Å². The average molecular weight is 475 g/mol. The first kappa shape index (κ1) is 25.6. The number of hydrogen-bond acceptors (Lipinski definition) is 9. The van der Waals surface area contributed by atoms with Crippen LogP contribution in [0, 0.1) is 0 Å². The number of aliphatic hydroxyl groups is 3. The summed E-state index contributed by atoms with van der Waals surface area (Å²) in [6.07, 6.45) is -4.82. The quantitative estimate of drug-likeness (QED) is 0.487. The molecule has 2 aromatic rings. The van der Waals surface area contributed by atoms with Crippen LogP contribution < -0.4 is 4.74 Å². The highest BCUT2D eigenvalue weighted by molar-refractivity contribution is 5.67. The van der Waals surface area contributed by atoms with E-state index in [-0.39, 0.29) is 6.42 Å². The molecular formula is C25H30O9. The van der Waals surface area contributed by atoms with Crippen LogP contribution in [-0.2, 0) is 36.6 Å². The minimum Gasteiger partial charge on any atom is -0.462 e. The van der Waals surface area contributed by atoms with E-state index in [1.54, 1.807) is 42.5 Å². The third kappa shape index (κ3) is 5.56. The van der Waals surface area contributed by atoms with E-state index >= 15 is 0 Å². The van der Waals surface area contributed by atoms with Gasteiger partial charge in [-0.2, -0.15) is 0 Å². The molecule has 1 aliphatic heterocycles. The molecule has 9 nitrogen and oxygen atoms in total. The molecule has 34 heavy (non-hydrogen) atoms. The maximum Gasteiger partial charge on any atom is 0.305 e. The number of ether oxygens (including phenoxy) is 4. The van der Waals surface area contributed by atoms with Crippen LogP contribution in [0.5, 0.6) is 5.75 Å². The van der Waals surface area contributed by atoms with Crippen molar-refractivity contribution in [3.05, 3.63) is 65.7 Å². The molecule has 1 fully saturated rings. The molecule has 0 spiro atoms. The number of carbonyl (C=O) groups is 2. The van der Waals surface area contributed by atoms with Crippen molar-refractivity contribution >= 4 is 11.9 Å². The molecule has 0 unspecified atom stereocenters. The predicted molar refractivity (Wildman–Crippen MR) is 120 cm³/mol. The van der Waals surface area contributed by atoms with Gasteiger partial charge in [0.05, 0.1) is 0 Å². The van der Waals surface area contributed by atoms with Crippen molar-refractivity contribution < 1.29 is 43.9 Å². The highest BCUT2D eigenvalue weighted by Crippen LogP contribution is 2.40. The van der Waals surface area contributed by atoms with Crippen LogP contribution in [0.2, 0.25) is 0 Å². The number of aryl methyl sites for hydroxylation is 1. The summed E-state index contributed by atoms with van der Waals surface area (Å²) in [6, 6.07) is 15.7. The minimum atomic E-state index is -2.31. The third-order valence-corrected chi connectivity index (χ3v) is 5.67. The first-order chi connectivity index (χ1) is 16.1. The lowest BCUT2D eigenvalue weighted by atomic mass is 9.80. The SMILES string of the molecule is CCc1ccc(C[C@]2(O)[C@H](Oc3ccccc3)O[C@@](COC(C)=O)(OC(C)=O)[C@@H](O)[C@@H]2O)cc1. The summed E-state index contributed by atoms with van der Waals surface area (Å²) < 4.78 is 21.9. The van der Waals surface area contributed by atoms with Gasteiger partial charge < -0.3 is 29.5 Å². The molecular weight excluding hydrogens is 444 g/mol. The Labute approximate surface area is 197 Å². The van der Waals surface area contributed by atoms with Gasteiger partial charge in [-0.3, -0.25) is 14.3 Å². The van der Waals surface area contributed by atoms with Gasteiger partial charge in [-0.1, -0.05) is 49.4 Å². The molecule has 1 heterocycles. The first-order valence-corrected chi connectivity index (χ1v) is 11.0. The summed E-state index contributed by atoms with van der Waals surface area (Å²) in [7, 11) is 0. The van der Waals surface area contributed by atoms with Gasteiger partial charge in [0.1, 0.15) is 11.9 Å². The Kier molecular flexibility index (Phi) is 7.93. The summed E-state index contributed by atoms with van der Waals surface area (Å²) >= 11 is 0. The Bertz CT molecular complexity index is 978. The zero-order valence-electron chi connectivity index (χ0n) is 19.3. The van der Waals surface area contributed by atoms with Crippen molar-refractivity contribution in [2.45, 2.75) is 63.5 Å². The Hall–Kier alpha value is -2.98. The number of carbonyl (C=O) groups excluding carboxylic acids is 2. The summed E-state index contributed by atoms with van der Waals surface area (Å²) in [5.41, 5.74) is -0.428. The zero-order chi connectivity index (χ0) is 24.9.